The first-order chi connectivity index (χ1) is 21.0. The average molecular weight is 653 g/mol. The van der Waals surface area contributed by atoms with E-state index in [2.05, 4.69) is 5.32 Å². The van der Waals surface area contributed by atoms with E-state index in [4.69, 9.17) is 23.2 Å². The van der Waals surface area contributed by atoms with Crippen LogP contribution < -0.4 is 9.62 Å². The molecule has 0 aliphatic heterocycles. The van der Waals surface area contributed by atoms with Gasteiger partial charge in [0.1, 0.15) is 12.6 Å². The molecular weight excluding hydrogens is 617 g/mol. The van der Waals surface area contributed by atoms with Crippen molar-refractivity contribution in [2.24, 2.45) is 0 Å². The second-order valence-electron chi connectivity index (χ2n) is 10.8. The number of nitrogens with zero attached hydrogens (tertiary/aromatic N) is 2. The van der Waals surface area contributed by atoms with Crippen molar-refractivity contribution in [3.8, 4) is 0 Å². The second kappa shape index (κ2) is 14.8. The molecule has 10 heteroatoms. The smallest absolute Gasteiger partial charge is 0.264 e. The molecular formula is C34H35Cl2N3O4S. The first kappa shape index (κ1) is 33.1. The van der Waals surface area contributed by atoms with Gasteiger partial charge >= 0.3 is 0 Å². The van der Waals surface area contributed by atoms with Crippen molar-refractivity contribution in [1.29, 1.82) is 0 Å². The van der Waals surface area contributed by atoms with Gasteiger partial charge < -0.3 is 10.2 Å². The largest absolute Gasteiger partial charge is 0.352 e. The summed E-state index contributed by atoms with van der Waals surface area (Å²) in [5.41, 5.74) is 2.47. The van der Waals surface area contributed by atoms with Gasteiger partial charge in [-0.15, -0.1) is 0 Å². The molecule has 0 aromatic heterocycles. The Morgan fingerprint density at radius 3 is 2.00 bits per heavy atom. The molecule has 0 heterocycles. The zero-order chi connectivity index (χ0) is 31.9. The number of sulfonamides is 1. The van der Waals surface area contributed by atoms with E-state index in [9.17, 15) is 18.0 Å². The van der Waals surface area contributed by atoms with E-state index in [0.29, 0.717) is 15.6 Å². The Balaban J connectivity index is 1.82. The van der Waals surface area contributed by atoms with Crippen LogP contribution in [-0.4, -0.2) is 43.8 Å². The summed E-state index contributed by atoms with van der Waals surface area (Å²) in [4.78, 5) is 29.7. The highest BCUT2D eigenvalue weighted by Gasteiger charge is 2.35. The fourth-order valence-corrected chi connectivity index (χ4v) is 6.59. The lowest BCUT2D eigenvalue weighted by Gasteiger charge is -2.34. The van der Waals surface area contributed by atoms with Crippen molar-refractivity contribution in [3.05, 3.63) is 130 Å². The number of carbonyl (C=O) groups is 2. The predicted molar refractivity (Wildman–Crippen MR) is 176 cm³/mol. The normalized spacial score (nSPS) is 12.0. The number of amides is 2. The number of nitrogens with one attached hydrogen (secondary N) is 1. The zero-order valence-electron chi connectivity index (χ0n) is 24.8. The van der Waals surface area contributed by atoms with Crippen molar-refractivity contribution >= 4 is 50.7 Å². The molecule has 44 heavy (non-hydrogen) atoms. The maximum absolute atomic E-state index is 14.5. The minimum Gasteiger partial charge on any atom is -0.352 e. The summed E-state index contributed by atoms with van der Waals surface area (Å²) in [6.45, 7) is 4.93. The highest BCUT2D eigenvalue weighted by Crippen LogP contribution is 2.30. The van der Waals surface area contributed by atoms with E-state index in [1.807, 2.05) is 44.2 Å². The lowest BCUT2D eigenvalue weighted by Crippen LogP contribution is -2.54. The van der Waals surface area contributed by atoms with E-state index in [-0.39, 0.29) is 35.5 Å². The van der Waals surface area contributed by atoms with E-state index in [1.54, 1.807) is 61.5 Å². The highest BCUT2D eigenvalue weighted by molar-refractivity contribution is 7.92. The third-order valence-electron chi connectivity index (χ3n) is 7.02. The fourth-order valence-electron chi connectivity index (χ4n) is 4.81. The number of benzene rings is 4. The maximum atomic E-state index is 14.5. The summed E-state index contributed by atoms with van der Waals surface area (Å²) in [6, 6.07) is 28.1. The van der Waals surface area contributed by atoms with Gasteiger partial charge in [-0.3, -0.25) is 13.9 Å². The third kappa shape index (κ3) is 8.40. The number of anilines is 1. The van der Waals surface area contributed by atoms with Crippen LogP contribution in [0.2, 0.25) is 10.0 Å². The lowest BCUT2D eigenvalue weighted by molar-refractivity contribution is -0.140. The summed E-state index contributed by atoms with van der Waals surface area (Å²) in [7, 11) is -4.22. The van der Waals surface area contributed by atoms with Crippen LogP contribution in [0, 0.1) is 6.92 Å². The summed E-state index contributed by atoms with van der Waals surface area (Å²) >= 11 is 12.5. The summed E-state index contributed by atoms with van der Waals surface area (Å²) in [5.74, 6) is -0.902. The Labute approximate surface area is 269 Å². The molecule has 0 aliphatic carbocycles. The van der Waals surface area contributed by atoms with Crippen molar-refractivity contribution in [3.63, 3.8) is 0 Å². The molecule has 0 unspecified atom stereocenters. The minimum atomic E-state index is -4.22. The molecule has 1 atom stereocenters. The van der Waals surface area contributed by atoms with Crippen molar-refractivity contribution < 1.29 is 18.0 Å². The molecule has 0 aliphatic rings. The molecule has 0 radical (unpaired) electrons. The maximum Gasteiger partial charge on any atom is 0.264 e. The van der Waals surface area contributed by atoms with Gasteiger partial charge in [-0.1, -0.05) is 89.9 Å². The van der Waals surface area contributed by atoms with Gasteiger partial charge in [-0.2, -0.15) is 0 Å². The fraction of sp³-hybridized carbons (Fsp3) is 0.235. The lowest BCUT2D eigenvalue weighted by atomic mass is 10.0. The van der Waals surface area contributed by atoms with E-state index >= 15 is 0 Å². The number of aryl methyl sites for hydroxylation is 1. The Kier molecular flexibility index (Phi) is 11.1. The minimum absolute atomic E-state index is 0.0230. The van der Waals surface area contributed by atoms with Gasteiger partial charge in [-0.05, 0) is 73.9 Å². The van der Waals surface area contributed by atoms with Crippen LogP contribution in [0.15, 0.2) is 108 Å². The third-order valence-corrected chi connectivity index (χ3v) is 9.28. The Bertz CT molecular complexity index is 1680. The Morgan fingerprint density at radius 2 is 1.39 bits per heavy atom. The van der Waals surface area contributed by atoms with Gasteiger partial charge in [0.2, 0.25) is 11.8 Å². The average Bonchev–Trinajstić information content (AvgIpc) is 3.00. The van der Waals surface area contributed by atoms with Crippen molar-refractivity contribution in [1.82, 2.24) is 10.2 Å². The molecule has 4 rings (SSSR count). The molecule has 0 fully saturated rings. The molecule has 0 spiro atoms. The highest BCUT2D eigenvalue weighted by atomic mass is 35.5. The SMILES string of the molecule is Cc1ccc(Cl)cc1N(CC(=O)N(Cc1ccc(Cl)cc1)[C@H](Cc1ccccc1)C(=O)NC(C)C)S(=O)(=O)c1ccccc1. The first-order valence-corrected chi connectivity index (χ1v) is 16.4. The molecule has 4 aromatic carbocycles. The van der Waals surface area contributed by atoms with Crippen LogP contribution in [0.5, 0.6) is 0 Å². The van der Waals surface area contributed by atoms with Gasteiger partial charge in [0.05, 0.1) is 10.6 Å². The predicted octanol–water partition coefficient (Wildman–Crippen LogP) is 6.66. The Hall–Kier alpha value is -3.85. The second-order valence-corrected chi connectivity index (χ2v) is 13.5. The number of rotatable bonds is 12. The standard InChI is InChI=1S/C34H35Cl2N3O4S/c1-24(2)37-34(41)32(20-26-10-6-4-7-11-26)38(22-27-15-18-28(35)19-16-27)33(40)23-39(31-21-29(36)17-14-25(31)3)44(42,43)30-12-8-5-9-13-30/h4-19,21,24,32H,20,22-23H2,1-3H3,(H,37,41)/t32-/m1/s1. The van der Waals surface area contributed by atoms with E-state index in [0.717, 1.165) is 15.4 Å². The van der Waals surface area contributed by atoms with Crippen LogP contribution in [0.1, 0.15) is 30.5 Å². The van der Waals surface area contributed by atoms with Crippen LogP contribution in [-0.2, 0) is 32.6 Å². The Morgan fingerprint density at radius 1 is 0.795 bits per heavy atom. The number of hydrogen-bond donors (Lipinski definition) is 1. The van der Waals surface area contributed by atoms with E-state index in [1.165, 1.54) is 23.1 Å². The van der Waals surface area contributed by atoms with Crippen LogP contribution >= 0.6 is 23.2 Å². The molecule has 230 valence electrons. The molecule has 2 amide bonds. The molecule has 7 nitrogen and oxygen atoms in total. The van der Waals surface area contributed by atoms with Gasteiger partial charge in [0, 0.05) is 29.1 Å². The van der Waals surface area contributed by atoms with Gasteiger partial charge in [0.25, 0.3) is 10.0 Å². The molecule has 0 bridgehead atoms. The molecule has 4 aromatic rings. The summed E-state index contributed by atoms with van der Waals surface area (Å²) in [6.07, 6.45) is 0.223. The van der Waals surface area contributed by atoms with Crippen LogP contribution in [0.3, 0.4) is 0 Å². The van der Waals surface area contributed by atoms with Crippen LogP contribution in [0.25, 0.3) is 0 Å². The quantitative estimate of drug-likeness (QED) is 0.186. The monoisotopic (exact) mass is 651 g/mol. The first-order valence-electron chi connectivity index (χ1n) is 14.2. The number of carbonyl (C=O) groups excluding carboxylic acids is 2. The summed E-state index contributed by atoms with van der Waals surface area (Å²) < 4.78 is 29.3. The molecule has 1 N–H and O–H groups in total. The van der Waals surface area contributed by atoms with Crippen molar-refractivity contribution in [2.45, 2.75) is 50.7 Å². The van der Waals surface area contributed by atoms with Crippen molar-refractivity contribution in [2.75, 3.05) is 10.8 Å². The topological polar surface area (TPSA) is 86.8 Å². The van der Waals surface area contributed by atoms with Gasteiger partial charge in [0.15, 0.2) is 0 Å². The number of hydrogen-bond acceptors (Lipinski definition) is 4. The zero-order valence-corrected chi connectivity index (χ0v) is 27.1. The number of halogens is 2. The van der Waals surface area contributed by atoms with Gasteiger partial charge in [-0.25, -0.2) is 8.42 Å². The molecule has 0 saturated heterocycles. The van der Waals surface area contributed by atoms with Crippen LogP contribution in [0.4, 0.5) is 5.69 Å². The van der Waals surface area contributed by atoms with E-state index < -0.39 is 28.5 Å². The summed E-state index contributed by atoms with van der Waals surface area (Å²) in [5, 5.41) is 3.80. The molecule has 0 saturated carbocycles.